The highest BCUT2D eigenvalue weighted by atomic mass is 16.2. The van der Waals surface area contributed by atoms with E-state index < -0.39 is 11.8 Å². The van der Waals surface area contributed by atoms with Gasteiger partial charge in [0.25, 0.3) is 0 Å². The van der Waals surface area contributed by atoms with Crippen LogP contribution in [0.25, 0.3) is 0 Å². The molecule has 0 fully saturated rings. The molecule has 0 aromatic rings. The van der Waals surface area contributed by atoms with Crippen LogP contribution in [-0.2, 0) is 9.59 Å². The summed E-state index contributed by atoms with van der Waals surface area (Å²) in [6, 6.07) is 0. The van der Waals surface area contributed by atoms with Crippen LogP contribution < -0.4 is 11.1 Å². The Morgan fingerprint density at radius 1 is 1.60 bits per heavy atom. The van der Waals surface area contributed by atoms with Gasteiger partial charge in [-0.05, 0) is 6.92 Å². The van der Waals surface area contributed by atoms with Gasteiger partial charge in [0.2, 0.25) is 0 Å². The molecule has 0 saturated heterocycles. The zero-order chi connectivity index (χ0) is 8.57. The lowest BCUT2D eigenvalue weighted by Crippen LogP contribution is -2.33. The molecular weight excluding hydrogens is 136 g/mol. The van der Waals surface area contributed by atoms with Crippen LogP contribution in [0.5, 0.6) is 0 Å². The number of likely N-dealkylation sites (N-methyl/N-ethyl adjacent to an activating group) is 1. The SMILES string of the molecule is CCO.CNC(=O)C(N)=O. The Bertz CT molecular complexity index is 113. The maximum Gasteiger partial charge on any atom is 0.308 e. The molecule has 0 heterocycles. The quantitative estimate of drug-likeness (QED) is 0.354. The monoisotopic (exact) mass is 148 g/mol. The molecule has 0 unspecified atom stereocenters. The zero-order valence-electron chi connectivity index (χ0n) is 6.05. The fraction of sp³-hybridized carbons (Fsp3) is 0.600. The predicted octanol–water partition coefficient (Wildman–Crippen LogP) is -1.78. The summed E-state index contributed by atoms with van der Waals surface area (Å²) in [4.78, 5) is 19.7. The van der Waals surface area contributed by atoms with E-state index >= 15 is 0 Å². The van der Waals surface area contributed by atoms with Gasteiger partial charge in [0.15, 0.2) is 0 Å². The Morgan fingerprint density at radius 3 is 1.90 bits per heavy atom. The Morgan fingerprint density at radius 2 is 1.90 bits per heavy atom. The van der Waals surface area contributed by atoms with Gasteiger partial charge in [-0.25, -0.2) is 0 Å². The van der Waals surface area contributed by atoms with Gasteiger partial charge in [-0.3, -0.25) is 9.59 Å². The number of hydrogen-bond acceptors (Lipinski definition) is 3. The molecule has 2 amide bonds. The lowest BCUT2D eigenvalue weighted by atomic mass is 10.6. The smallest absolute Gasteiger partial charge is 0.308 e. The lowest BCUT2D eigenvalue weighted by Gasteiger charge is -1.86. The van der Waals surface area contributed by atoms with Crippen LogP contribution in [0.4, 0.5) is 0 Å². The van der Waals surface area contributed by atoms with E-state index in [4.69, 9.17) is 5.11 Å². The highest BCUT2D eigenvalue weighted by molar-refractivity contribution is 6.34. The number of rotatable bonds is 0. The third-order valence-electron chi connectivity index (χ3n) is 0.451. The van der Waals surface area contributed by atoms with Gasteiger partial charge in [0.05, 0.1) is 0 Å². The first-order chi connectivity index (χ1) is 4.59. The highest BCUT2D eigenvalue weighted by Crippen LogP contribution is 1.53. The number of hydrogen-bond donors (Lipinski definition) is 3. The zero-order valence-corrected chi connectivity index (χ0v) is 6.05. The molecule has 0 aliphatic rings. The van der Waals surface area contributed by atoms with E-state index in [9.17, 15) is 9.59 Å². The first-order valence-electron chi connectivity index (χ1n) is 2.72. The highest BCUT2D eigenvalue weighted by Gasteiger charge is 2.01. The van der Waals surface area contributed by atoms with Crippen LogP contribution in [0.3, 0.4) is 0 Å². The first kappa shape index (κ1) is 11.7. The average Bonchev–Trinajstić information content (AvgIpc) is 1.88. The topological polar surface area (TPSA) is 92.4 Å². The van der Waals surface area contributed by atoms with Crippen molar-refractivity contribution in [2.24, 2.45) is 5.73 Å². The molecule has 5 nitrogen and oxygen atoms in total. The maximum atomic E-state index is 9.93. The molecular formula is C5H12N2O3. The van der Waals surface area contributed by atoms with E-state index in [2.05, 4.69) is 11.1 Å². The molecule has 0 saturated carbocycles. The Labute approximate surface area is 59.2 Å². The Hall–Kier alpha value is -1.10. The van der Waals surface area contributed by atoms with Crippen molar-refractivity contribution in [2.75, 3.05) is 13.7 Å². The van der Waals surface area contributed by atoms with Gasteiger partial charge in [0.1, 0.15) is 0 Å². The average molecular weight is 148 g/mol. The van der Waals surface area contributed by atoms with E-state index in [0.717, 1.165) is 0 Å². The summed E-state index contributed by atoms with van der Waals surface area (Å²) in [5.74, 6) is -1.72. The summed E-state index contributed by atoms with van der Waals surface area (Å²) in [5, 5.41) is 9.62. The minimum absolute atomic E-state index is 0.250. The summed E-state index contributed by atoms with van der Waals surface area (Å²) in [6.07, 6.45) is 0. The van der Waals surface area contributed by atoms with Gasteiger partial charge in [-0.1, -0.05) is 0 Å². The number of carbonyl (C=O) groups excluding carboxylic acids is 2. The number of nitrogens with two attached hydrogens (primary N) is 1. The Kier molecular flexibility index (Phi) is 9.22. The van der Waals surface area contributed by atoms with E-state index in [1.807, 2.05) is 0 Å². The second-order valence-electron chi connectivity index (χ2n) is 1.26. The van der Waals surface area contributed by atoms with Gasteiger partial charge in [0, 0.05) is 13.7 Å². The molecule has 60 valence electrons. The second kappa shape index (κ2) is 7.90. The summed E-state index contributed by atoms with van der Waals surface area (Å²) in [6.45, 7) is 1.93. The molecule has 0 atom stereocenters. The van der Waals surface area contributed by atoms with Crippen molar-refractivity contribution in [1.82, 2.24) is 5.32 Å². The largest absolute Gasteiger partial charge is 0.397 e. The van der Waals surface area contributed by atoms with E-state index in [0.29, 0.717) is 0 Å². The third kappa shape index (κ3) is 10.0. The molecule has 0 radical (unpaired) electrons. The molecule has 4 N–H and O–H groups in total. The fourth-order valence-corrected chi connectivity index (χ4v) is 0.123. The van der Waals surface area contributed by atoms with E-state index in [1.165, 1.54) is 7.05 Å². The number of aliphatic hydroxyl groups excluding tert-OH is 1. The van der Waals surface area contributed by atoms with Crippen molar-refractivity contribution in [3.8, 4) is 0 Å². The number of nitrogens with one attached hydrogen (secondary N) is 1. The van der Waals surface area contributed by atoms with Crippen molar-refractivity contribution < 1.29 is 14.7 Å². The molecule has 0 aliphatic heterocycles. The first-order valence-corrected chi connectivity index (χ1v) is 2.72. The summed E-state index contributed by atoms with van der Waals surface area (Å²) < 4.78 is 0. The molecule has 0 aliphatic carbocycles. The molecule has 0 rings (SSSR count). The number of aliphatic hydroxyl groups is 1. The predicted molar refractivity (Wildman–Crippen MR) is 36.0 cm³/mol. The van der Waals surface area contributed by atoms with Crippen LogP contribution >= 0.6 is 0 Å². The number of primary amides is 1. The van der Waals surface area contributed by atoms with Crippen molar-refractivity contribution in [3.05, 3.63) is 0 Å². The van der Waals surface area contributed by atoms with Crippen molar-refractivity contribution in [2.45, 2.75) is 6.92 Å². The lowest BCUT2D eigenvalue weighted by molar-refractivity contribution is -0.136. The summed E-state index contributed by atoms with van der Waals surface area (Å²) >= 11 is 0. The molecule has 0 bridgehead atoms. The third-order valence-corrected chi connectivity index (χ3v) is 0.451. The molecule has 10 heavy (non-hydrogen) atoms. The number of carbonyl (C=O) groups is 2. The van der Waals surface area contributed by atoms with Crippen LogP contribution in [0.1, 0.15) is 6.92 Å². The van der Waals surface area contributed by atoms with Gasteiger partial charge in [-0.2, -0.15) is 0 Å². The minimum Gasteiger partial charge on any atom is -0.397 e. The van der Waals surface area contributed by atoms with Gasteiger partial charge >= 0.3 is 11.8 Å². The van der Waals surface area contributed by atoms with Crippen molar-refractivity contribution >= 4 is 11.8 Å². The minimum atomic E-state index is -0.956. The fourth-order valence-electron chi connectivity index (χ4n) is 0.123. The van der Waals surface area contributed by atoms with Crippen LogP contribution in [0, 0.1) is 0 Å². The van der Waals surface area contributed by atoms with Crippen molar-refractivity contribution in [1.29, 1.82) is 0 Å². The summed E-state index contributed by atoms with van der Waals surface area (Å²) in [5.41, 5.74) is 4.50. The second-order valence-corrected chi connectivity index (χ2v) is 1.26. The Balaban J connectivity index is 0. The normalized spacial score (nSPS) is 7.10. The number of amides is 2. The molecule has 0 spiro atoms. The summed E-state index contributed by atoms with van der Waals surface area (Å²) in [7, 11) is 1.34. The van der Waals surface area contributed by atoms with Crippen LogP contribution in [0.15, 0.2) is 0 Å². The maximum absolute atomic E-state index is 9.93. The van der Waals surface area contributed by atoms with Gasteiger partial charge in [-0.15, -0.1) is 0 Å². The molecule has 0 aromatic heterocycles. The van der Waals surface area contributed by atoms with Crippen molar-refractivity contribution in [3.63, 3.8) is 0 Å². The molecule has 5 heteroatoms. The standard InChI is InChI=1S/C3H6N2O2.C2H6O/c1-5-3(7)2(4)6;1-2-3/h1H3,(H2,4,6)(H,5,7);3H,2H2,1H3. The van der Waals surface area contributed by atoms with E-state index in [1.54, 1.807) is 6.92 Å². The molecule has 0 aromatic carbocycles. The van der Waals surface area contributed by atoms with Crippen LogP contribution in [-0.4, -0.2) is 30.6 Å². The van der Waals surface area contributed by atoms with Crippen LogP contribution in [0.2, 0.25) is 0 Å². The van der Waals surface area contributed by atoms with Gasteiger partial charge < -0.3 is 16.2 Å². The van der Waals surface area contributed by atoms with E-state index in [-0.39, 0.29) is 6.61 Å².